The normalized spacial score (nSPS) is 18.7. The summed E-state index contributed by atoms with van der Waals surface area (Å²) in [5.74, 6) is 0.705. The topological polar surface area (TPSA) is 101 Å². The summed E-state index contributed by atoms with van der Waals surface area (Å²) in [5.41, 5.74) is 3.50. The molecule has 2 aliphatic heterocycles. The summed E-state index contributed by atoms with van der Waals surface area (Å²) in [6.07, 6.45) is 11.8. The first-order valence-corrected chi connectivity index (χ1v) is 17.1. The molecule has 2 spiro atoms. The maximum absolute atomic E-state index is 11.3. The number of carboxylic acids is 1. The van der Waals surface area contributed by atoms with Gasteiger partial charge >= 0.3 is 5.97 Å². The van der Waals surface area contributed by atoms with Crippen molar-refractivity contribution in [3.8, 4) is 39.5 Å². The largest absolute Gasteiger partial charge is 0.477 e. The van der Waals surface area contributed by atoms with Gasteiger partial charge in [0.05, 0.1) is 11.4 Å². The Balaban J connectivity index is 1.14. The first-order valence-electron chi connectivity index (χ1n) is 16.3. The molecule has 3 heterocycles. The van der Waals surface area contributed by atoms with Crippen LogP contribution in [0.2, 0.25) is 0 Å². The van der Waals surface area contributed by atoms with Gasteiger partial charge in [0.15, 0.2) is 23.0 Å². The summed E-state index contributed by atoms with van der Waals surface area (Å²) in [6.45, 7) is 0. The van der Waals surface area contributed by atoms with Crippen molar-refractivity contribution in [1.29, 1.82) is 5.26 Å². The molecule has 4 aromatic rings. The fraction of sp³-hybridized carbons (Fsp3) is 0.316. The quantitative estimate of drug-likeness (QED) is 0.163. The van der Waals surface area contributed by atoms with Crippen LogP contribution in [-0.2, 0) is 4.79 Å². The molecule has 2 aliphatic carbocycles. The van der Waals surface area contributed by atoms with E-state index in [0.717, 1.165) is 102 Å². The lowest BCUT2D eigenvalue weighted by Gasteiger charge is -2.31. The van der Waals surface area contributed by atoms with Crippen molar-refractivity contribution in [3.63, 3.8) is 0 Å². The number of hydrogen-bond donors (Lipinski definition) is 1. The highest BCUT2D eigenvalue weighted by Gasteiger charge is 2.44. The molecule has 8 nitrogen and oxygen atoms in total. The van der Waals surface area contributed by atoms with Gasteiger partial charge in [0, 0.05) is 53.3 Å². The first-order chi connectivity index (χ1) is 22.9. The summed E-state index contributed by atoms with van der Waals surface area (Å²) >= 11 is 1.44. The predicted molar refractivity (Wildman–Crippen MR) is 180 cm³/mol. The van der Waals surface area contributed by atoms with Crippen LogP contribution in [0.25, 0.3) is 16.5 Å². The highest BCUT2D eigenvalue weighted by atomic mass is 32.1. The van der Waals surface area contributed by atoms with E-state index < -0.39 is 17.5 Å². The van der Waals surface area contributed by atoms with Crippen LogP contribution in [0.15, 0.2) is 78.4 Å². The van der Waals surface area contributed by atoms with E-state index in [2.05, 4.69) is 53.4 Å². The van der Waals surface area contributed by atoms with Gasteiger partial charge in [0.2, 0.25) is 0 Å². The molecule has 0 saturated heterocycles. The van der Waals surface area contributed by atoms with Crippen LogP contribution in [0.3, 0.4) is 0 Å². The van der Waals surface area contributed by atoms with E-state index in [4.69, 9.17) is 24.2 Å². The maximum Gasteiger partial charge on any atom is 0.346 e. The summed E-state index contributed by atoms with van der Waals surface area (Å²) in [5, 5.41) is 18.4. The number of anilines is 3. The average molecular weight is 647 g/mol. The van der Waals surface area contributed by atoms with Crippen LogP contribution >= 0.6 is 11.3 Å². The average Bonchev–Trinajstić information content (AvgIpc) is 3.79. The molecule has 3 aromatic carbocycles. The number of ether oxygens (including phenoxy) is 4. The second kappa shape index (κ2) is 11.7. The fourth-order valence-corrected chi connectivity index (χ4v) is 8.08. The van der Waals surface area contributed by atoms with Crippen molar-refractivity contribution in [1.82, 2.24) is 0 Å². The minimum absolute atomic E-state index is 0.291. The molecule has 9 heteroatoms. The second-order valence-corrected chi connectivity index (χ2v) is 13.8. The first kappa shape index (κ1) is 29.5. The Kier molecular flexibility index (Phi) is 7.33. The van der Waals surface area contributed by atoms with Gasteiger partial charge in [0.1, 0.15) is 11.6 Å². The molecule has 0 radical (unpaired) electrons. The summed E-state index contributed by atoms with van der Waals surface area (Å²) in [7, 11) is 0. The summed E-state index contributed by atoms with van der Waals surface area (Å²) in [6, 6.07) is 26.0. The highest BCUT2D eigenvalue weighted by Crippen LogP contribution is 2.51. The molecule has 8 rings (SSSR count). The third kappa shape index (κ3) is 5.57. The molecule has 2 fully saturated rings. The monoisotopic (exact) mass is 646 g/mol. The van der Waals surface area contributed by atoms with Gasteiger partial charge in [-0.2, -0.15) is 5.26 Å². The van der Waals surface area contributed by atoms with Crippen molar-refractivity contribution in [2.45, 2.75) is 75.8 Å². The van der Waals surface area contributed by atoms with Crippen molar-refractivity contribution < 1.29 is 28.8 Å². The lowest BCUT2D eigenvalue weighted by molar-refractivity contribution is -0.132. The summed E-state index contributed by atoms with van der Waals surface area (Å²) < 4.78 is 25.8. The van der Waals surface area contributed by atoms with E-state index in [1.807, 2.05) is 24.3 Å². The number of nitrogens with zero attached hydrogens (tertiary/aromatic N) is 2. The lowest BCUT2D eigenvalue weighted by atomic mass is 9.94. The van der Waals surface area contributed by atoms with Crippen LogP contribution in [0.5, 0.6) is 23.0 Å². The molecule has 1 aromatic heterocycles. The Bertz CT molecular complexity index is 1830. The Hall–Kier alpha value is -4.94. The van der Waals surface area contributed by atoms with Gasteiger partial charge in [-0.1, -0.05) is 25.0 Å². The van der Waals surface area contributed by atoms with Crippen LogP contribution in [-0.4, -0.2) is 22.7 Å². The number of thiophene rings is 1. The Morgan fingerprint density at radius 3 is 1.72 bits per heavy atom. The fourth-order valence-electron chi connectivity index (χ4n) is 7.12. The van der Waals surface area contributed by atoms with Crippen molar-refractivity contribution in [3.05, 3.63) is 83.2 Å². The van der Waals surface area contributed by atoms with E-state index in [-0.39, 0.29) is 5.57 Å². The molecule has 0 amide bonds. The summed E-state index contributed by atoms with van der Waals surface area (Å²) in [4.78, 5) is 15.2. The molecule has 0 bridgehead atoms. The molecule has 238 valence electrons. The molecule has 0 atom stereocenters. The highest BCUT2D eigenvalue weighted by molar-refractivity contribution is 7.16. The SMILES string of the molecule is N#C/C(=C\c1ccc(-c2ccc(N(c3ccc4c(c3)OC3(CCCCC3)O4)c3ccc4c(c3)OC3(CCCCC3)O4)cc2)s1)C(=O)O. The van der Waals surface area contributed by atoms with Crippen LogP contribution < -0.4 is 23.8 Å². The molecule has 4 aliphatic rings. The van der Waals surface area contributed by atoms with Gasteiger partial charge in [-0.15, -0.1) is 11.3 Å². The molecular weight excluding hydrogens is 612 g/mol. The van der Waals surface area contributed by atoms with Crippen molar-refractivity contribution >= 4 is 40.4 Å². The zero-order valence-corrected chi connectivity index (χ0v) is 26.7. The smallest absolute Gasteiger partial charge is 0.346 e. The molecular formula is C38H34N2O6S. The Morgan fingerprint density at radius 1 is 0.702 bits per heavy atom. The van der Waals surface area contributed by atoms with Crippen molar-refractivity contribution in [2.24, 2.45) is 0 Å². The lowest BCUT2D eigenvalue weighted by Crippen LogP contribution is -2.40. The zero-order chi connectivity index (χ0) is 32.0. The standard InChI is InChI=1S/C38H34N2O6S/c39-24-26(36(41)42)21-30-13-16-35(47-30)25-7-9-27(10-8-25)40(28-11-14-31-33(22-28)45-37(43-31)17-3-1-4-18-37)29-12-15-32-34(23-29)46-38(44-32)19-5-2-6-20-38/h7-16,21-23H,1-6,17-20H2,(H,41,42)/b26-21+. The second-order valence-electron chi connectivity index (χ2n) is 12.7. The number of rotatable bonds is 6. The zero-order valence-electron chi connectivity index (χ0n) is 25.9. The number of nitriles is 1. The molecule has 2 saturated carbocycles. The Morgan fingerprint density at radius 2 is 1.21 bits per heavy atom. The minimum Gasteiger partial charge on any atom is -0.477 e. The van der Waals surface area contributed by atoms with E-state index in [9.17, 15) is 9.90 Å². The number of carboxylic acid groups (broad SMARTS) is 1. The molecule has 0 unspecified atom stereocenters. The molecule has 47 heavy (non-hydrogen) atoms. The third-order valence-corrected chi connectivity index (χ3v) is 10.5. The van der Waals surface area contributed by atoms with Gasteiger partial charge < -0.3 is 29.0 Å². The van der Waals surface area contributed by atoms with Gasteiger partial charge in [-0.3, -0.25) is 0 Å². The molecule has 1 N–H and O–H groups in total. The van der Waals surface area contributed by atoms with E-state index >= 15 is 0 Å². The number of fused-ring (bicyclic) bond motifs is 2. The number of hydrogen-bond acceptors (Lipinski definition) is 8. The van der Waals surface area contributed by atoms with E-state index in [0.29, 0.717) is 4.88 Å². The third-order valence-electron chi connectivity index (χ3n) is 9.46. The van der Waals surface area contributed by atoms with Gasteiger partial charge in [-0.25, -0.2) is 4.79 Å². The van der Waals surface area contributed by atoms with Crippen molar-refractivity contribution in [2.75, 3.05) is 4.90 Å². The van der Waals surface area contributed by atoms with Crippen LogP contribution in [0.4, 0.5) is 17.1 Å². The number of aliphatic carboxylic acids is 1. The van der Waals surface area contributed by atoms with Gasteiger partial charge in [-0.05, 0) is 85.9 Å². The number of benzene rings is 3. The number of carbonyl (C=O) groups is 1. The van der Waals surface area contributed by atoms with E-state index in [1.54, 1.807) is 6.07 Å². The van der Waals surface area contributed by atoms with E-state index in [1.165, 1.54) is 30.3 Å². The predicted octanol–water partition coefficient (Wildman–Crippen LogP) is 9.74. The maximum atomic E-state index is 11.3. The van der Waals surface area contributed by atoms with Crippen LogP contribution in [0, 0.1) is 11.3 Å². The Labute approximate surface area is 277 Å². The van der Waals surface area contributed by atoms with Crippen LogP contribution in [0.1, 0.15) is 69.1 Å². The van der Waals surface area contributed by atoms with Gasteiger partial charge in [0.25, 0.3) is 11.6 Å². The minimum atomic E-state index is -1.23.